The second kappa shape index (κ2) is 7.67. The van der Waals surface area contributed by atoms with Crippen LogP contribution in [0.4, 0.5) is 15.0 Å². The van der Waals surface area contributed by atoms with Gasteiger partial charge in [-0.2, -0.15) is 0 Å². The van der Waals surface area contributed by atoms with Gasteiger partial charge < -0.3 is 15.2 Å². The third kappa shape index (κ3) is 4.02. The molecule has 0 saturated heterocycles. The van der Waals surface area contributed by atoms with Gasteiger partial charge in [0.15, 0.2) is 0 Å². The zero-order chi connectivity index (χ0) is 18.8. The molecule has 2 unspecified atom stereocenters. The molecule has 138 valence electrons. The number of aromatic hydroxyl groups is 1. The fourth-order valence-electron chi connectivity index (χ4n) is 2.65. The zero-order valence-corrected chi connectivity index (χ0v) is 16.1. The van der Waals surface area contributed by atoms with Crippen LogP contribution >= 0.6 is 27.5 Å². The molecular formula is C17H16BrClFN3O3. The number of carbonyl (C=O) groups excluding carboxylic acids is 1. The van der Waals surface area contributed by atoms with E-state index < -0.39 is 11.8 Å². The molecule has 2 aromatic rings. The van der Waals surface area contributed by atoms with Gasteiger partial charge in [0, 0.05) is 17.5 Å². The van der Waals surface area contributed by atoms with E-state index in [1.807, 2.05) is 6.92 Å². The summed E-state index contributed by atoms with van der Waals surface area (Å²) >= 11 is 9.33. The number of amides is 2. The molecule has 9 heteroatoms. The maximum Gasteiger partial charge on any atom is 0.320 e. The number of ether oxygens (including phenoxy) is 1. The molecule has 2 amide bonds. The van der Waals surface area contributed by atoms with E-state index in [1.165, 1.54) is 24.3 Å². The second-order valence-electron chi connectivity index (χ2n) is 5.76. The van der Waals surface area contributed by atoms with Gasteiger partial charge in [0.1, 0.15) is 27.7 Å². The normalized spacial score (nSPS) is 18.3. The predicted octanol–water partition coefficient (Wildman–Crippen LogP) is 4.42. The van der Waals surface area contributed by atoms with Crippen molar-refractivity contribution in [2.24, 2.45) is 0 Å². The molecule has 26 heavy (non-hydrogen) atoms. The van der Waals surface area contributed by atoms with Crippen LogP contribution in [-0.2, 0) is 0 Å². The molecule has 0 bridgehead atoms. The summed E-state index contributed by atoms with van der Waals surface area (Å²) in [4.78, 5) is 16.1. The van der Waals surface area contributed by atoms with Crippen molar-refractivity contribution in [1.82, 2.24) is 10.3 Å². The SMILES string of the molecule is CCOc1ccc(F)c(C2CC2NC(=O)Nc2ccc(O)c(Br)n2)c1Cl. The van der Waals surface area contributed by atoms with Gasteiger partial charge in [-0.1, -0.05) is 11.6 Å². The highest BCUT2D eigenvalue weighted by Crippen LogP contribution is 2.47. The highest BCUT2D eigenvalue weighted by molar-refractivity contribution is 9.10. The van der Waals surface area contributed by atoms with Crippen LogP contribution in [-0.4, -0.2) is 28.8 Å². The fraction of sp³-hybridized carbons (Fsp3) is 0.294. The van der Waals surface area contributed by atoms with Crippen molar-refractivity contribution in [3.05, 3.63) is 45.3 Å². The number of benzene rings is 1. The van der Waals surface area contributed by atoms with Crippen molar-refractivity contribution in [2.45, 2.75) is 25.3 Å². The minimum atomic E-state index is -0.472. The molecule has 3 rings (SSSR count). The standard InChI is InChI=1S/C17H16BrClFN3O3/c1-2-26-12-5-3-9(20)14(15(12)19)8-7-10(8)21-17(25)23-13-6-4-11(24)16(18)22-13/h3-6,8,10,24H,2,7H2,1H3,(H2,21,22,23,25). The number of aromatic nitrogens is 1. The Labute approximate surface area is 162 Å². The number of hydrogen-bond acceptors (Lipinski definition) is 4. The summed E-state index contributed by atoms with van der Waals surface area (Å²) in [6.45, 7) is 2.25. The number of anilines is 1. The fourth-order valence-corrected chi connectivity index (χ4v) is 3.32. The first-order valence-corrected chi connectivity index (χ1v) is 9.11. The minimum absolute atomic E-state index is 0.0301. The van der Waals surface area contributed by atoms with Crippen LogP contribution in [0.2, 0.25) is 5.02 Å². The van der Waals surface area contributed by atoms with Gasteiger partial charge in [0.05, 0.1) is 11.6 Å². The summed E-state index contributed by atoms with van der Waals surface area (Å²) < 4.78 is 19.8. The Morgan fingerprint density at radius 1 is 1.46 bits per heavy atom. The number of nitrogens with one attached hydrogen (secondary N) is 2. The maximum atomic E-state index is 14.2. The Morgan fingerprint density at radius 2 is 2.23 bits per heavy atom. The molecule has 6 nitrogen and oxygen atoms in total. The van der Waals surface area contributed by atoms with Crippen LogP contribution in [0.1, 0.15) is 24.8 Å². The van der Waals surface area contributed by atoms with Crippen molar-refractivity contribution in [2.75, 3.05) is 11.9 Å². The van der Waals surface area contributed by atoms with Crippen molar-refractivity contribution in [3.63, 3.8) is 0 Å². The van der Waals surface area contributed by atoms with Gasteiger partial charge in [0.2, 0.25) is 0 Å². The number of hydrogen-bond donors (Lipinski definition) is 3. The van der Waals surface area contributed by atoms with Gasteiger partial charge in [-0.05, 0) is 53.5 Å². The first kappa shape index (κ1) is 18.7. The van der Waals surface area contributed by atoms with Crippen LogP contribution in [0.3, 0.4) is 0 Å². The van der Waals surface area contributed by atoms with Gasteiger partial charge in [-0.15, -0.1) is 0 Å². The topological polar surface area (TPSA) is 83.5 Å². The molecule has 1 fully saturated rings. The quantitative estimate of drug-likeness (QED) is 0.596. The van der Waals surface area contributed by atoms with Crippen LogP contribution in [0.25, 0.3) is 0 Å². The lowest BCUT2D eigenvalue weighted by Crippen LogP contribution is -2.31. The van der Waals surface area contributed by atoms with Gasteiger partial charge in [0.25, 0.3) is 0 Å². The highest BCUT2D eigenvalue weighted by atomic mass is 79.9. The predicted molar refractivity (Wildman–Crippen MR) is 99.5 cm³/mol. The Balaban J connectivity index is 1.65. The van der Waals surface area contributed by atoms with E-state index in [1.54, 1.807) is 0 Å². The monoisotopic (exact) mass is 443 g/mol. The lowest BCUT2D eigenvalue weighted by molar-refractivity contribution is 0.251. The molecule has 0 spiro atoms. The summed E-state index contributed by atoms with van der Waals surface area (Å²) in [5.74, 6) is 0.0358. The molecule has 1 saturated carbocycles. The number of nitrogens with zero attached hydrogens (tertiary/aromatic N) is 1. The van der Waals surface area contributed by atoms with Crippen molar-refractivity contribution >= 4 is 39.4 Å². The zero-order valence-electron chi connectivity index (χ0n) is 13.7. The van der Waals surface area contributed by atoms with E-state index in [2.05, 4.69) is 31.5 Å². The average molecular weight is 445 g/mol. The second-order valence-corrected chi connectivity index (χ2v) is 6.89. The summed E-state index contributed by atoms with van der Waals surface area (Å²) in [5.41, 5.74) is 0.355. The van der Waals surface area contributed by atoms with E-state index in [0.29, 0.717) is 24.3 Å². The molecule has 0 radical (unpaired) electrons. The Bertz CT molecular complexity index is 852. The van der Waals surface area contributed by atoms with E-state index in [9.17, 15) is 14.3 Å². The van der Waals surface area contributed by atoms with Crippen molar-refractivity contribution in [3.8, 4) is 11.5 Å². The smallest absolute Gasteiger partial charge is 0.320 e. The van der Waals surface area contributed by atoms with Crippen LogP contribution in [0, 0.1) is 5.82 Å². The van der Waals surface area contributed by atoms with Crippen molar-refractivity contribution < 1.29 is 19.0 Å². The molecule has 1 aromatic heterocycles. The number of pyridine rings is 1. The van der Waals surface area contributed by atoms with Crippen LogP contribution < -0.4 is 15.4 Å². The maximum absolute atomic E-state index is 14.2. The van der Waals surface area contributed by atoms with Gasteiger partial charge in [-0.3, -0.25) is 5.32 Å². The van der Waals surface area contributed by atoms with Gasteiger partial charge >= 0.3 is 6.03 Å². The van der Waals surface area contributed by atoms with Crippen LogP contribution in [0.15, 0.2) is 28.9 Å². The molecule has 1 aliphatic rings. The van der Waals surface area contributed by atoms with Crippen LogP contribution in [0.5, 0.6) is 11.5 Å². The van der Waals surface area contributed by atoms with E-state index in [4.69, 9.17) is 16.3 Å². The molecule has 1 aliphatic carbocycles. The van der Waals surface area contributed by atoms with E-state index in [-0.39, 0.29) is 33.2 Å². The van der Waals surface area contributed by atoms with E-state index in [0.717, 1.165) is 0 Å². The molecule has 3 N–H and O–H groups in total. The summed E-state index contributed by atoms with van der Waals surface area (Å²) in [5, 5.41) is 15.0. The largest absolute Gasteiger partial charge is 0.505 e. The molecule has 1 aromatic carbocycles. The first-order valence-electron chi connectivity index (χ1n) is 7.94. The number of halogens is 3. The summed E-state index contributed by atoms with van der Waals surface area (Å²) in [6.07, 6.45) is 0.576. The molecular weight excluding hydrogens is 429 g/mol. The minimum Gasteiger partial charge on any atom is -0.505 e. The first-order chi connectivity index (χ1) is 12.4. The van der Waals surface area contributed by atoms with Gasteiger partial charge in [-0.25, -0.2) is 14.2 Å². The summed E-state index contributed by atoms with van der Waals surface area (Å²) in [6, 6.07) is 4.97. The molecule has 2 atom stereocenters. The Hall–Kier alpha value is -2.06. The summed E-state index contributed by atoms with van der Waals surface area (Å²) in [7, 11) is 0. The number of carbonyl (C=O) groups is 1. The highest BCUT2D eigenvalue weighted by Gasteiger charge is 2.43. The third-order valence-corrected chi connectivity index (χ3v) is 4.91. The Morgan fingerprint density at radius 3 is 2.92 bits per heavy atom. The molecule has 1 heterocycles. The van der Waals surface area contributed by atoms with Crippen molar-refractivity contribution in [1.29, 1.82) is 0 Å². The van der Waals surface area contributed by atoms with E-state index >= 15 is 0 Å². The lowest BCUT2D eigenvalue weighted by atomic mass is 10.1. The Kier molecular flexibility index (Phi) is 5.52. The number of rotatable bonds is 5. The molecule has 0 aliphatic heterocycles. The number of urea groups is 1. The lowest BCUT2D eigenvalue weighted by Gasteiger charge is -2.12. The third-order valence-electron chi connectivity index (χ3n) is 3.94. The average Bonchev–Trinajstić information content (AvgIpc) is 3.32.